The average Bonchev–Trinajstić information content (AvgIpc) is 3.27. The number of nitrogens with zero attached hydrogens (tertiary/aromatic N) is 3. The second-order valence-electron chi connectivity index (χ2n) is 6.44. The van der Waals surface area contributed by atoms with Crippen LogP contribution in [0.15, 0.2) is 71.2 Å². The molecule has 0 fully saturated rings. The number of nitrogens with one attached hydrogen (secondary N) is 1. The fourth-order valence-electron chi connectivity index (χ4n) is 2.98. The van der Waals surface area contributed by atoms with Crippen LogP contribution in [0.25, 0.3) is 22.4 Å². The highest BCUT2D eigenvalue weighted by atomic mass is 32.2. The zero-order valence-corrected chi connectivity index (χ0v) is 17.9. The molecule has 0 unspecified atom stereocenters. The number of anilines is 1. The van der Waals surface area contributed by atoms with E-state index in [0.29, 0.717) is 32.5 Å². The minimum atomic E-state index is -0.405. The predicted molar refractivity (Wildman–Crippen MR) is 122 cm³/mol. The SMILES string of the molecule is CSc1ncccc1C(=O)Nc1nc(-c2cc(-c3ccc(C#N)cc3)ccc2F)cs1. The van der Waals surface area contributed by atoms with Crippen molar-refractivity contribution in [3.05, 3.63) is 83.1 Å². The molecule has 0 saturated heterocycles. The van der Waals surface area contributed by atoms with E-state index in [2.05, 4.69) is 21.4 Å². The Bertz CT molecular complexity index is 1300. The maximum absolute atomic E-state index is 14.5. The summed E-state index contributed by atoms with van der Waals surface area (Å²) in [6.45, 7) is 0. The van der Waals surface area contributed by atoms with Gasteiger partial charge in [0.2, 0.25) is 0 Å². The number of amides is 1. The molecule has 5 nitrogen and oxygen atoms in total. The Morgan fingerprint density at radius 2 is 1.94 bits per heavy atom. The molecule has 0 bridgehead atoms. The van der Waals surface area contributed by atoms with Crippen molar-refractivity contribution in [1.29, 1.82) is 5.26 Å². The van der Waals surface area contributed by atoms with Gasteiger partial charge in [0.1, 0.15) is 10.8 Å². The van der Waals surface area contributed by atoms with Crippen molar-refractivity contribution >= 4 is 34.1 Å². The molecule has 31 heavy (non-hydrogen) atoms. The number of carbonyl (C=O) groups is 1. The highest BCUT2D eigenvalue weighted by molar-refractivity contribution is 7.98. The van der Waals surface area contributed by atoms with E-state index in [9.17, 15) is 9.18 Å². The van der Waals surface area contributed by atoms with Gasteiger partial charge in [0.15, 0.2) is 5.13 Å². The zero-order valence-electron chi connectivity index (χ0n) is 16.3. The highest BCUT2D eigenvalue weighted by Gasteiger charge is 2.16. The lowest BCUT2D eigenvalue weighted by Gasteiger charge is -2.06. The predicted octanol–water partition coefficient (Wildman–Crippen LogP) is 5.86. The smallest absolute Gasteiger partial charge is 0.260 e. The number of halogens is 1. The maximum atomic E-state index is 14.5. The number of nitriles is 1. The Hall–Kier alpha value is -3.54. The second kappa shape index (κ2) is 9.08. The molecule has 0 spiro atoms. The molecule has 152 valence electrons. The molecule has 0 saturated carbocycles. The van der Waals surface area contributed by atoms with Gasteiger partial charge in [-0.2, -0.15) is 5.26 Å². The summed E-state index contributed by atoms with van der Waals surface area (Å²) in [6, 6.07) is 17.3. The molecule has 8 heteroatoms. The molecule has 2 aromatic heterocycles. The molecule has 0 radical (unpaired) electrons. The minimum absolute atomic E-state index is 0.315. The zero-order chi connectivity index (χ0) is 21.8. The fraction of sp³-hybridized carbons (Fsp3) is 0.0435. The molecular weight excluding hydrogens is 431 g/mol. The van der Waals surface area contributed by atoms with Gasteiger partial charge < -0.3 is 0 Å². The second-order valence-corrected chi connectivity index (χ2v) is 8.09. The number of thiazole rings is 1. The van der Waals surface area contributed by atoms with Gasteiger partial charge in [-0.3, -0.25) is 10.1 Å². The Balaban J connectivity index is 1.60. The van der Waals surface area contributed by atoms with Crippen molar-refractivity contribution in [2.45, 2.75) is 5.03 Å². The molecule has 0 aliphatic carbocycles. The van der Waals surface area contributed by atoms with Gasteiger partial charge in [-0.25, -0.2) is 14.4 Å². The lowest BCUT2D eigenvalue weighted by Crippen LogP contribution is -2.13. The number of pyridine rings is 1. The van der Waals surface area contributed by atoms with E-state index < -0.39 is 5.82 Å². The van der Waals surface area contributed by atoms with E-state index >= 15 is 0 Å². The molecular formula is C23H15FN4OS2. The van der Waals surface area contributed by atoms with Crippen LogP contribution in [0.5, 0.6) is 0 Å². The molecule has 1 amide bonds. The summed E-state index contributed by atoms with van der Waals surface area (Å²) >= 11 is 2.61. The van der Waals surface area contributed by atoms with Crippen LogP contribution < -0.4 is 5.32 Å². The third-order valence-corrected chi connectivity index (χ3v) is 5.99. The average molecular weight is 447 g/mol. The standard InChI is InChI=1S/C23H15FN4OS2/c1-30-22-17(3-2-10-26-22)21(29)28-23-27-20(13-31-23)18-11-16(8-9-19(18)24)15-6-4-14(12-25)5-7-15/h2-11,13H,1H3,(H,27,28,29). The molecule has 4 aromatic rings. The normalized spacial score (nSPS) is 10.5. The Labute approximate surface area is 186 Å². The van der Waals surface area contributed by atoms with E-state index in [0.717, 1.165) is 11.1 Å². The molecule has 0 atom stereocenters. The summed E-state index contributed by atoms with van der Waals surface area (Å²) in [7, 11) is 0. The van der Waals surface area contributed by atoms with Crippen molar-refractivity contribution in [1.82, 2.24) is 9.97 Å². The van der Waals surface area contributed by atoms with Gasteiger partial charge in [-0.1, -0.05) is 18.2 Å². The lowest BCUT2D eigenvalue weighted by molar-refractivity contribution is 0.102. The van der Waals surface area contributed by atoms with Gasteiger partial charge in [0.25, 0.3) is 5.91 Å². The van der Waals surface area contributed by atoms with Crippen molar-refractivity contribution in [3.63, 3.8) is 0 Å². The summed E-state index contributed by atoms with van der Waals surface area (Å²) < 4.78 is 14.5. The van der Waals surface area contributed by atoms with Crippen LogP contribution in [0.3, 0.4) is 0 Å². The van der Waals surface area contributed by atoms with Crippen LogP contribution in [0.2, 0.25) is 0 Å². The van der Waals surface area contributed by atoms with E-state index in [1.54, 1.807) is 48.0 Å². The van der Waals surface area contributed by atoms with Crippen LogP contribution in [-0.2, 0) is 0 Å². The third kappa shape index (κ3) is 4.48. The molecule has 4 rings (SSSR count). The first kappa shape index (κ1) is 20.7. The molecule has 2 aromatic carbocycles. The number of carbonyl (C=O) groups excluding carboxylic acids is 1. The molecule has 0 aliphatic rings. The fourth-order valence-corrected chi connectivity index (χ4v) is 4.24. The summed E-state index contributed by atoms with van der Waals surface area (Å²) in [5, 5.41) is 14.4. The number of rotatable bonds is 5. The van der Waals surface area contributed by atoms with Crippen LogP contribution in [0, 0.1) is 17.1 Å². The Morgan fingerprint density at radius 1 is 1.16 bits per heavy atom. The van der Waals surface area contributed by atoms with Crippen molar-refractivity contribution < 1.29 is 9.18 Å². The topological polar surface area (TPSA) is 78.7 Å². The van der Waals surface area contributed by atoms with Crippen LogP contribution in [0.1, 0.15) is 15.9 Å². The van der Waals surface area contributed by atoms with Gasteiger partial charge in [0, 0.05) is 17.1 Å². The first-order valence-electron chi connectivity index (χ1n) is 9.15. The molecule has 0 aliphatic heterocycles. The van der Waals surface area contributed by atoms with E-state index in [-0.39, 0.29) is 5.91 Å². The van der Waals surface area contributed by atoms with Gasteiger partial charge in [-0.05, 0) is 53.8 Å². The quantitative estimate of drug-likeness (QED) is 0.389. The first-order valence-corrected chi connectivity index (χ1v) is 11.3. The lowest BCUT2D eigenvalue weighted by atomic mass is 10.0. The number of benzene rings is 2. The minimum Gasteiger partial charge on any atom is -0.298 e. The maximum Gasteiger partial charge on any atom is 0.260 e. The summed E-state index contributed by atoms with van der Waals surface area (Å²) in [5.41, 5.74) is 3.46. The van der Waals surface area contributed by atoms with Crippen molar-refractivity contribution in [2.75, 3.05) is 11.6 Å². The van der Waals surface area contributed by atoms with Gasteiger partial charge >= 0.3 is 0 Å². The van der Waals surface area contributed by atoms with Crippen LogP contribution in [0.4, 0.5) is 9.52 Å². The molecule has 1 N–H and O–H groups in total. The van der Waals surface area contributed by atoms with Gasteiger partial charge in [-0.15, -0.1) is 23.1 Å². The van der Waals surface area contributed by atoms with E-state index in [1.165, 1.54) is 29.2 Å². The number of thioether (sulfide) groups is 1. The number of aromatic nitrogens is 2. The molecule has 2 heterocycles. The first-order chi connectivity index (χ1) is 15.1. The van der Waals surface area contributed by atoms with Crippen LogP contribution >= 0.6 is 23.1 Å². The number of hydrogen-bond donors (Lipinski definition) is 1. The summed E-state index contributed by atoms with van der Waals surface area (Å²) in [5.74, 6) is -0.720. The van der Waals surface area contributed by atoms with Crippen molar-refractivity contribution in [2.24, 2.45) is 0 Å². The highest BCUT2D eigenvalue weighted by Crippen LogP contribution is 2.31. The summed E-state index contributed by atoms with van der Waals surface area (Å²) in [4.78, 5) is 21.2. The monoisotopic (exact) mass is 446 g/mol. The summed E-state index contributed by atoms with van der Waals surface area (Å²) in [6.07, 6.45) is 3.48. The Kier molecular flexibility index (Phi) is 6.07. The number of hydrogen-bond acceptors (Lipinski definition) is 6. The Morgan fingerprint density at radius 3 is 2.68 bits per heavy atom. The van der Waals surface area contributed by atoms with E-state index in [1.807, 2.05) is 18.4 Å². The van der Waals surface area contributed by atoms with Gasteiger partial charge in [0.05, 0.1) is 22.9 Å². The van der Waals surface area contributed by atoms with Crippen LogP contribution in [-0.4, -0.2) is 22.1 Å². The van der Waals surface area contributed by atoms with Crippen molar-refractivity contribution in [3.8, 4) is 28.5 Å². The third-order valence-electron chi connectivity index (χ3n) is 4.52. The largest absolute Gasteiger partial charge is 0.298 e. The van der Waals surface area contributed by atoms with E-state index in [4.69, 9.17) is 5.26 Å².